The van der Waals surface area contributed by atoms with E-state index in [1.54, 1.807) is 6.07 Å². The Kier molecular flexibility index (Phi) is 4.97. The van der Waals surface area contributed by atoms with Crippen molar-refractivity contribution >= 4 is 17.3 Å². The van der Waals surface area contributed by atoms with Gasteiger partial charge >= 0.3 is 5.69 Å². The molecule has 1 aromatic rings. The summed E-state index contributed by atoms with van der Waals surface area (Å²) in [7, 11) is 0. The van der Waals surface area contributed by atoms with Crippen molar-refractivity contribution in [1.29, 1.82) is 0 Å². The van der Waals surface area contributed by atoms with Crippen molar-refractivity contribution in [1.82, 2.24) is 0 Å². The molecule has 0 fully saturated rings. The highest BCUT2D eigenvalue weighted by molar-refractivity contribution is 6.19. The Bertz CT molecular complexity index is 432. The molecule has 0 aliphatic rings. The summed E-state index contributed by atoms with van der Waals surface area (Å²) in [5.74, 6) is 0.527. The lowest BCUT2D eigenvalue weighted by Crippen LogP contribution is -2.03. The van der Waals surface area contributed by atoms with E-state index in [1.807, 2.05) is 13.0 Å². The van der Waals surface area contributed by atoms with Gasteiger partial charge in [0.15, 0.2) is 5.75 Å². The van der Waals surface area contributed by atoms with Gasteiger partial charge in [-0.15, -0.1) is 11.6 Å². The van der Waals surface area contributed by atoms with E-state index < -0.39 is 4.92 Å². The van der Waals surface area contributed by atoms with Gasteiger partial charge in [-0.3, -0.25) is 10.1 Å². The Hall–Kier alpha value is -1.55. The van der Waals surface area contributed by atoms with Crippen molar-refractivity contribution in [3.05, 3.63) is 46.0 Å². The number of aryl methyl sites for hydroxylation is 1. The predicted molar refractivity (Wildman–Crippen MR) is 67.8 cm³/mol. The lowest BCUT2D eigenvalue weighted by molar-refractivity contribution is -0.385. The molecule has 0 saturated carbocycles. The fourth-order valence-electron chi connectivity index (χ4n) is 1.27. The SMILES string of the molecule is C=C(CCl)COc1ccc(CC)cc1[N+](=O)[O-]. The predicted octanol–water partition coefficient (Wildman–Crippen LogP) is 3.33. The van der Waals surface area contributed by atoms with Gasteiger partial charge in [-0.05, 0) is 23.6 Å². The van der Waals surface area contributed by atoms with E-state index in [1.165, 1.54) is 6.07 Å². The largest absolute Gasteiger partial charge is 0.482 e. The van der Waals surface area contributed by atoms with Gasteiger partial charge in [0.05, 0.1) is 4.92 Å². The summed E-state index contributed by atoms with van der Waals surface area (Å²) in [4.78, 5) is 10.4. The maximum Gasteiger partial charge on any atom is 0.311 e. The van der Waals surface area contributed by atoms with Crippen LogP contribution in [-0.2, 0) is 6.42 Å². The number of hydrogen-bond donors (Lipinski definition) is 0. The molecule has 0 amide bonds. The summed E-state index contributed by atoms with van der Waals surface area (Å²) in [6.45, 7) is 5.80. The van der Waals surface area contributed by atoms with Crippen molar-refractivity contribution in [2.24, 2.45) is 0 Å². The van der Waals surface area contributed by atoms with Gasteiger partial charge in [-0.2, -0.15) is 0 Å². The van der Waals surface area contributed by atoms with E-state index in [0.717, 1.165) is 12.0 Å². The normalized spacial score (nSPS) is 10.0. The molecular weight excluding hydrogens is 242 g/mol. The zero-order valence-corrected chi connectivity index (χ0v) is 10.4. The third-order valence-electron chi connectivity index (χ3n) is 2.25. The highest BCUT2D eigenvalue weighted by atomic mass is 35.5. The summed E-state index contributed by atoms with van der Waals surface area (Å²) in [6.07, 6.45) is 0.746. The second kappa shape index (κ2) is 6.25. The molecule has 0 aromatic heterocycles. The molecule has 0 saturated heterocycles. The van der Waals surface area contributed by atoms with E-state index in [0.29, 0.717) is 5.57 Å². The molecule has 0 radical (unpaired) electrons. The lowest BCUT2D eigenvalue weighted by atomic mass is 10.1. The molecule has 92 valence electrons. The first-order chi connectivity index (χ1) is 8.08. The van der Waals surface area contributed by atoms with Gasteiger partial charge in [0.25, 0.3) is 0 Å². The van der Waals surface area contributed by atoms with Crippen LogP contribution in [0.25, 0.3) is 0 Å². The van der Waals surface area contributed by atoms with Crippen LogP contribution in [0.2, 0.25) is 0 Å². The van der Waals surface area contributed by atoms with Crippen molar-refractivity contribution in [2.75, 3.05) is 12.5 Å². The van der Waals surface area contributed by atoms with E-state index in [9.17, 15) is 10.1 Å². The smallest absolute Gasteiger partial charge is 0.311 e. The maximum absolute atomic E-state index is 10.9. The minimum absolute atomic E-state index is 0.0216. The minimum Gasteiger partial charge on any atom is -0.482 e. The topological polar surface area (TPSA) is 52.4 Å². The minimum atomic E-state index is -0.446. The maximum atomic E-state index is 10.9. The zero-order valence-electron chi connectivity index (χ0n) is 9.61. The van der Waals surface area contributed by atoms with E-state index in [2.05, 4.69) is 6.58 Å². The fourth-order valence-corrected chi connectivity index (χ4v) is 1.34. The summed E-state index contributed by atoms with van der Waals surface area (Å²) >= 11 is 5.55. The van der Waals surface area contributed by atoms with Crippen LogP contribution < -0.4 is 4.74 Å². The highest BCUT2D eigenvalue weighted by Crippen LogP contribution is 2.28. The number of ether oxygens (including phenoxy) is 1. The molecule has 0 aliphatic heterocycles. The number of nitro benzene ring substituents is 1. The second-order valence-corrected chi connectivity index (χ2v) is 3.85. The first-order valence-corrected chi connectivity index (χ1v) is 5.74. The van der Waals surface area contributed by atoms with E-state index in [4.69, 9.17) is 16.3 Å². The van der Waals surface area contributed by atoms with Crippen molar-refractivity contribution in [3.8, 4) is 5.75 Å². The third-order valence-corrected chi connectivity index (χ3v) is 2.63. The number of alkyl halides is 1. The Labute approximate surface area is 105 Å². The van der Waals surface area contributed by atoms with Crippen molar-refractivity contribution in [2.45, 2.75) is 13.3 Å². The first-order valence-electron chi connectivity index (χ1n) is 5.21. The highest BCUT2D eigenvalue weighted by Gasteiger charge is 2.15. The molecule has 0 aliphatic carbocycles. The van der Waals surface area contributed by atoms with Gasteiger partial charge in [-0.1, -0.05) is 19.6 Å². The Morgan fingerprint density at radius 2 is 2.29 bits per heavy atom. The number of hydrogen-bond acceptors (Lipinski definition) is 3. The molecule has 1 aromatic carbocycles. The van der Waals surface area contributed by atoms with Crippen LogP contribution in [0.15, 0.2) is 30.4 Å². The summed E-state index contributed by atoms with van der Waals surface area (Å²) < 4.78 is 5.32. The van der Waals surface area contributed by atoms with Crippen molar-refractivity contribution in [3.63, 3.8) is 0 Å². The summed E-state index contributed by atoms with van der Waals surface area (Å²) in [5.41, 5.74) is 1.56. The molecule has 0 heterocycles. The molecule has 0 bridgehead atoms. The average molecular weight is 256 g/mol. The van der Waals surface area contributed by atoms with E-state index in [-0.39, 0.29) is 23.9 Å². The van der Waals surface area contributed by atoms with Crippen LogP contribution in [0.3, 0.4) is 0 Å². The summed E-state index contributed by atoms with van der Waals surface area (Å²) in [5, 5.41) is 10.9. The van der Waals surface area contributed by atoms with Crippen LogP contribution in [0.4, 0.5) is 5.69 Å². The zero-order chi connectivity index (χ0) is 12.8. The van der Waals surface area contributed by atoms with Gasteiger partial charge in [-0.25, -0.2) is 0 Å². The number of nitro groups is 1. The number of halogens is 1. The number of benzene rings is 1. The van der Waals surface area contributed by atoms with E-state index >= 15 is 0 Å². The molecule has 0 N–H and O–H groups in total. The molecule has 5 heteroatoms. The second-order valence-electron chi connectivity index (χ2n) is 3.59. The Balaban J connectivity index is 2.90. The van der Waals surface area contributed by atoms with Gasteiger partial charge < -0.3 is 4.74 Å². The Morgan fingerprint density at radius 3 is 2.82 bits per heavy atom. The average Bonchev–Trinajstić information content (AvgIpc) is 2.35. The molecule has 1 rings (SSSR count). The number of nitrogens with zero attached hydrogens (tertiary/aromatic N) is 1. The van der Waals surface area contributed by atoms with Crippen LogP contribution in [0.5, 0.6) is 5.75 Å². The number of rotatable bonds is 6. The standard InChI is InChI=1S/C12H14ClNO3/c1-3-10-4-5-12(11(6-10)14(15)16)17-8-9(2)7-13/h4-6H,2-3,7-8H2,1H3. The molecule has 0 spiro atoms. The molecule has 17 heavy (non-hydrogen) atoms. The molecule has 0 unspecified atom stereocenters. The van der Waals surface area contributed by atoms with Crippen molar-refractivity contribution < 1.29 is 9.66 Å². The molecule has 4 nitrogen and oxygen atoms in total. The fraction of sp³-hybridized carbons (Fsp3) is 0.333. The molecular formula is C12H14ClNO3. The first kappa shape index (κ1) is 13.5. The van der Waals surface area contributed by atoms with Crippen LogP contribution in [0, 0.1) is 10.1 Å². The molecule has 0 atom stereocenters. The van der Waals surface area contributed by atoms with Gasteiger partial charge in [0, 0.05) is 11.9 Å². The summed E-state index contributed by atoms with van der Waals surface area (Å²) in [6, 6.07) is 4.95. The van der Waals surface area contributed by atoms with Gasteiger partial charge in [0.1, 0.15) is 6.61 Å². The van der Waals surface area contributed by atoms with Crippen LogP contribution >= 0.6 is 11.6 Å². The van der Waals surface area contributed by atoms with Crippen LogP contribution in [0.1, 0.15) is 12.5 Å². The van der Waals surface area contributed by atoms with Gasteiger partial charge in [0.2, 0.25) is 0 Å². The third kappa shape index (κ3) is 3.75. The van der Waals surface area contributed by atoms with Crippen LogP contribution in [-0.4, -0.2) is 17.4 Å². The quantitative estimate of drug-likeness (QED) is 0.339. The lowest BCUT2D eigenvalue weighted by Gasteiger charge is -2.08. The monoisotopic (exact) mass is 255 g/mol. The Morgan fingerprint density at radius 1 is 1.59 bits per heavy atom.